The van der Waals surface area contributed by atoms with Gasteiger partial charge in [0, 0.05) is 6.04 Å². The molecule has 0 unspecified atom stereocenters. The van der Waals surface area contributed by atoms with Gasteiger partial charge in [0.2, 0.25) is 5.76 Å². The van der Waals surface area contributed by atoms with Crippen molar-refractivity contribution in [2.45, 2.75) is 32.2 Å². The van der Waals surface area contributed by atoms with E-state index in [1.54, 1.807) is 6.92 Å². The van der Waals surface area contributed by atoms with Crippen molar-refractivity contribution >= 4 is 12.0 Å². The molecule has 1 aromatic heterocycles. The van der Waals surface area contributed by atoms with Gasteiger partial charge in [-0.2, -0.15) is 0 Å². The molecule has 0 bridgehead atoms. The molecule has 1 aliphatic carbocycles. The molecule has 0 aliphatic heterocycles. The van der Waals surface area contributed by atoms with Gasteiger partial charge in [-0.1, -0.05) is 0 Å². The van der Waals surface area contributed by atoms with Crippen LogP contribution >= 0.6 is 0 Å². The van der Waals surface area contributed by atoms with Gasteiger partial charge in [0.1, 0.15) is 0 Å². The zero-order chi connectivity index (χ0) is 10.7. The summed E-state index contributed by atoms with van der Waals surface area (Å²) >= 11 is 0. The Labute approximate surface area is 87.8 Å². The third kappa shape index (κ3) is 2.29. The molecule has 0 aromatic carbocycles. The van der Waals surface area contributed by atoms with Crippen LogP contribution in [0.2, 0.25) is 0 Å². The van der Waals surface area contributed by atoms with Gasteiger partial charge in [-0.15, -0.1) is 0 Å². The minimum Gasteiger partial charge on any atom is -0.460 e. The van der Waals surface area contributed by atoms with Crippen molar-refractivity contribution < 1.29 is 13.9 Å². The van der Waals surface area contributed by atoms with Crippen molar-refractivity contribution in [3.05, 3.63) is 12.0 Å². The molecule has 5 nitrogen and oxygen atoms in total. The maximum atomic E-state index is 11.2. The van der Waals surface area contributed by atoms with E-state index in [4.69, 9.17) is 9.15 Å². The van der Waals surface area contributed by atoms with Crippen molar-refractivity contribution in [2.24, 2.45) is 0 Å². The van der Waals surface area contributed by atoms with Crippen LogP contribution < -0.4 is 5.32 Å². The molecule has 1 saturated carbocycles. The number of carbonyl (C=O) groups excluding carboxylic acids is 1. The SMILES string of the molecule is CCOC(=O)c1cnc(NC2CCC2)o1. The van der Waals surface area contributed by atoms with Gasteiger partial charge in [0.25, 0.3) is 6.01 Å². The van der Waals surface area contributed by atoms with Crippen LogP contribution in [0, 0.1) is 0 Å². The van der Waals surface area contributed by atoms with Crippen LogP contribution in [0.25, 0.3) is 0 Å². The second kappa shape index (κ2) is 4.33. The summed E-state index contributed by atoms with van der Waals surface area (Å²) in [6.07, 6.45) is 4.90. The third-order valence-electron chi connectivity index (χ3n) is 2.42. The largest absolute Gasteiger partial charge is 0.460 e. The lowest BCUT2D eigenvalue weighted by Gasteiger charge is -2.25. The van der Waals surface area contributed by atoms with Crippen LogP contribution in [0.5, 0.6) is 0 Å². The van der Waals surface area contributed by atoms with Gasteiger partial charge in [0.15, 0.2) is 0 Å². The van der Waals surface area contributed by atoms with E-state index in [0.717, 1.165) is 12.8 Å². The molecule has 1 aromatic rings. The van der Waals surface area contributed by atoms with Crippen molar-refractivity contribution in [1.29, 1.82) is 0 Å². The summed E-state index contributed by atoms with van der Waals surface area (Å²) in [6.45, 7) is 2.09. The van der Waals surface area contributed by atoms with Gasteiger partial charge in [-0.05, 0) is 26.2 Å². The molecule has 0 radical (unpaired) electrons. The van der Waals surface area contributed by atoms with Crippen molar-refractivity contribution in [3.63, 3.8) is 0 Å². The average Bonchev–Trinajstić information content (AvgIpc) is 2.60. The lowest BCUT2D eigenvalue weighted by atomic mass is 9.93. The standard InChI is InChI=1S/C10H14N2O3/c1-2-14-9(13)8-6-11-10(15-8)12-7-4-3-5-7/h6-7H,2-5H2,1H3,(H,11,12). The van der Waals surface area contributed by atoms with E-state index >= 15 is 0 Å². The van der Waals surface area contributed by atoms with Gasteiger partial charge >= 0.3 is 5.97 Å². The quantitative estimate of drug-likeness (QED) is 0.768. The number of ether oxygens (including phenoxy) is 1. The Balaban J connectivity index is 1.93. The zero-order valence-electron chi connectivity index (χ0n) is 8.66. The second-order valence-electron chi connectivity index (χ2n) is 3.52. The summed E-state index contributed by atoms with van der Waals surface area (Å²) in [5.41, 5.74) is 0. The predicted molar refractivity (Wildman–Crippen MR) is 53.7 cm³/mol. The Morgan fingerprint density at radius 1 is 1.73 bits per heavy atom. The minimum absolute atomic E-state index is 0.152. The van der Waals surface area contributed by atoms with Gasteiger partial charge < -0.3 is 14.5 Å². The number of anilines is 1. The first-order valence-corrected chi connectivity index (χ1v) is 5.19. The number of rotatable bonds is 4. The summed E-state index contributed by atoms with van der Waals surface area (Å²) in [6, 6.07) is 0.849. The number of nitrogens with one attached hydrogen (secondary N) is 1. The monoisotopic (exact) mass is 210 g/mol. The molecule has 5 heteroatoms. The highest BCUT2D eigenvalue weighted by Gasteiger charge is 2.20. The maximum absolute atomic E-state index is 11.2. The zero-order valence-corrected chi connectivity index (χ0v) is 8.66. The summed E-state index contributed by atoms with van der Waals surface area (Å²) in [5, 5.41) is 3.11. The molecule has 1 heterocycles. The van der Waals surface area contributed by atoms with E-state index in [9.17, 15) is 4.79 Å². The Morgan fingerprint density at radius 2 is 2.53 bits per heavy atom. The van der Waals surface area contributed by atoms with Crippen molar-refractivity contribution in [2.75, 3.05) is 11.9 Å². The molecule has 15 heavy (non-hydrogen) atoms. The van der Waals surface area contributed by atoms with E-state index < -0.39 is 5.97 Å². The van der Waals surface area contributed by atoms with E-state index in [2.05, 4.69) is 10.3 Å². The van der Waals surface area contributed by atoms with E-state index in [1.165, 1.54) is 12.6 Å². The minimum atomic E-state index is -0.466. The van der Waals surface area contributed by atoms with Crippen LogP contribution in [0.3, 0.4) is 0 Å². The molecule has 0 saturated heterocycles. The first kappa shape index (κ1) is 10.0. The fraction of sp³-hybridized carbons (Fsp3) is 0.600. The average molecular weight is 210 g/mol. The third-order valence-corrected chi connectivity index (χ3v) is 2.42. The summed E-state index contributed by atoms with van der Waals surface area (Å²) in [4.78, 5) is 15.2. The van der Waals surface area contributed by atoms with E-state index in [-0.39, 0.29) is 5.76 Å². The second-order valence-corrected chi connectivity index (χ2v) is 3.52. The van der Waals surface area contributed by atoms with Gasteiger partial charge in [-0.25, -0.2) is 9.78 Å². The summed E-state index contributed by atoms with van der Waals surface area (Å²) in [5.74, 6) is -0.315. The molecule has 0 amide bonds. The number of aromatic nitrogens is 1. The molecule has 0 atom stereocenters. The Bertz CT molecular complexity index is 344. The molecule has 1 fully saturated rings. The van der Waals surface area contributed by atoms with Crippen molar-refractivity contribution in [1.82, 2.24) is 4.98 Å². The summed E-state index contributed by atoms with van der Waals surface area (Å²) in [7, 11) is 0. The number of oxazole rings is 1. The Kier molecular flexibility index (Phi) is 2.89. The highest BCUT2D eigenvalue weighted by atomic mass is 16.5. The normalized spacial score (nSPS) is 15.8. The molecular formula is C10H14N2O3. The first-order chi connectivity index (χ1) is 7.29. The van der Waals surface area contributed by atoms with Crippen LogP contribution in [0.1, 0.15) is 36.7 Å². The molecule has 0 spiro atoms. The number of hydrogen-bond donors (Lipinski definition) is 1. The highest BCUT2D eigenvalue weighted by Crippen LogP contribution is 2.22. The molecule has 82 valence electrons. The fourth-order valence-corrected chi connectivity index (χ4v) is 1.36. The van der Waals surface area contributed by atoms with Crippen molar-refractivity contribution in [3.8, 4) is 0 Å². The number of hydrogen-bond acceptors (Lipinski definition) is 5. The lowest BCUT2D eigenvalue weighted by molar-refractivity contribution is 0.0491. The molecule has 2 rings (SSSR count). The fourth-order valence-electron chi connectivity index (χ4n) is 1.36. The van der Waals surface area contributed by atoms with Crippen LogP contribution in [-0.4, -0.2) is 23.6 Å². The lowest BCUT2D eigenvalue weighted by Crippen LogP contribution is -2.27. The number of nitrogens with zero attached hydrogens (tertiary/aromatic N) is 1. The topological polar surface area (TPSA) is 64.4 Å². The Hall–Kier alpha value is -1.52. The summed E-state index contributed by atoms with van der Waals surface area (Å²) < 4.78 is 9.99. The first-order valence-electron chi connectivity index (χ1n) is 5.19. The molecular weight excluding hydrogens is 196 g/mol. The number of carbonyl (C=O) groups is 1. The predicted octanol–water partition coefficient (Wildman–Crippen LogP) is 1.82. The smallest absolute Gasteiger partial charge is 0.376 e. The van der Waals surface area contributed by atoms with E-state index in [1.807, 2.05) is 0 Å². The Morgan fingerprint density at radius 3 is 3.13 bits per heavy atom. The molecule has 1 aliphatic rings. The van der Waals surface area contributed by atoms with E-state index in [0.29, 0.717) is 18.7 Å². The van der Waals surface area contributed by atoms with Crippen LogP contribution in [0.4, 0.5) is 6.01 Å². The number of esters is 1. The highest BCUT2D eigenvalue weighted by molar-refractivity contribution is 5.86. The molecule has 1 N–H and O–H groups in total. The van der Waals surface area contributed by atoms with Gasteiger partial charge in [-0.3, -0.25) is 0 Å². The van der Waals surface area contributed by atoms with Crippen LogP contribution in [-0.2, 0) is 4.74 Å². The van der Waals surface area contributed by atoms with Crippen LogP contribution in [0.15, 0.2) is 10.6 Å². The maximum Gasteiger partial charge on any atom is 0.376 e. The van der Waals surface area contributed by atoms with Gasteiger partial charge in [0.05, 0.1) is 12.8 Å².